The predicted octanol–water partition coefficient (Wildman–Crippen LogP) is 6.20. The van der Waals surface area contributed by atoms with E-state index in [1.807, 2.05) is 36.4 Å². The van der Waals surface area contributed by atoms with Crippen LogP contribution < -0.4 is 0 Å². The fourth-order valence-corrected chi connectivity index (χ4v) is 6.95. The molecule has 1 aromatic carbocycles. The Morgan fingerprint density at radius 1 is 0.228 bits per heavy atom. The molecule has 0 unspecified atom stereocenters. The fourth-order valence-electron chi connectivity index (χ4n) is 6.95. The quantitative estimate of drug-likeness (QED) is 0.0416. The summed E-state index contributed by atoms with van der Waals surface area (Å²) in [6.45, 7) is 51.2. The highest BCUT2D eigenvalue weighted by Gasteiger charge is 2.41. The first-order chi connectivity index (χ1) is 54.1. The Morgan fingerprint density at radius 3 is 0.482 bits per heavy atom. The van der Waals surface area contributed by atoms with Crippen LogP contribution in [-0.4, -0.2) is 225 Å². The molecule has 1 aromatic rings. The van der Waals surface area contributed by atoms with Gasteiger partial charge in [-0.25, -0.2) is 71.9 Å². The van der Waals surface area contributed by atoms with Crippen molar-refractivity contribution in [1.82, 2.24) is 0 Å². The third-order valence-corrected chi connectivity index (χ3v) is 14.0. The van der Waals surface area contributed by atoms with Gasteiger partial charge in [0.1, 0.15) is 105 Å². The number of aliphatic hydroxyl groups is 2. The monoisotopic (exact) mass is 1600 g/mol. The zero-order chi connectivity index (χ0) is 87.6. The first kappa shape index (κ1) is 107. The van der Waals surface area contributed by atoms with Crippen LogP contribution in [0.15, 0.2) is 227 Å². The summed E-state index contributed by atoms with van der Waals surface area (Å²) in [6, 6.07) is 8.07. The Morgan fingerprint density at radius 2 is 0.351 bits per heavy atom. The van der Waals surface area contributed by atoms with Crippen LogP contribution in [0.1, 0.15) is 24.5 Å². The summed E-state index contributed by atoms with van der Waals surface area (Å²) in [4.78, 5) is 170. The minimum absolute atomic E-state index is 0.0802. The number of hydrogen-bond acceptors (Lipinski definition) is 33. The van der Waals surface area contributed by atoms with Crippen molar-refractivity contribution in [2.75, 3.05) is 126 Å². The van der Waals surface area contributed by atoms with Crippen molar-refractivity contribution in [1.29, 1.82) is 0 Å². The third-order valence-electron chi connectivity index (χ3n) is 14.0. The molecule has 0 radical (unpaired) electrons. The van der Waals surface area contributed by atoms with E-state index in [9.17, 15) is 82.1 Å². The molecule has 0 fully saturated rings. The van der Waals surface area contributed by atoms with Gasteiger partial charge in [0, 0.05) is 91.1 Å². The maximum Gasteiger partial charge on any atom is 0.330 e. The number of carbonyl (C=O) groups is 15. The summed E-state index contributed by atoms with van der Waals surface area (Å²) in [6.07, 6.45) is 18.2. The highest BCUT2D eigenvalue weighted by Crippen LogP contribution is 2.28. The molecule has 1 rings (SSSR count). The molecule has 0 aliphatic rings. The average molecular weight is 1600 g/mol. The van der Waals surface area contributed by atoms with E-state index in [0.29, 0.717) is 6.42 Å². The number of ether oxygens (including phenoxy) is 16. The standard InChI is InChI=1S/C25H32O12.C17H20O8.C15H20O6.C14H18O7.C10H10/c1-6-19(27)33-14-24(11-26,15-34-20(28)7-2)12-32-13-25(16-35-21(29)8-3,17-36-22(30)9-4)18-37-23(31)10-5;1-5-13(18)22-9-17(10-23-14(19)6-2,11-24-15(20)7-3)12-25-16(21)8-4;1-5-12(16)19-9-15(8-4,10-20-13(17)6-2)11-21-14(18)7-3;1-4-11(16)19-8-14(7-15,9-20-12(17)5-2)10-21-13(18)6-3;1-3-9-5-7-10(4-2)8-6-9/h6-10,26H,1-5,11-18H2;5-8H,1-4,9-12H2;5-7H,1-3,8-11H2,4H3;4-6,15H,1-3,7-10H2;3-8H,1-2H2. The minimum atomic E-state index is -1.44. The van der Waals surface area contributed by atoms with Crippen molar-refractivity contribution in [3.63, 3.8) is 0 Å². The molecule has 114 heavy (non-hydrogen) atoms. The van der Waals surface area contributed by atoms with Crippen LogP contribution in [0.2, 0.25) is 0 Å². The van der Waals surface area contributed by atoms with Gasteiger partial charge in [-0.2, -0.15) is 0 Å². The van der Waals surface area contributed by atoms with Crippen molar-refractivity contribution in [2.24, 2.45) is 27.1 Å². The average Bonchev–Trinajstić information content (AvgIpc) is 0.878. The van der Waals surface area contributed by atoms with E-state index in [1.165, 1.54) is 0 Å². The maximum absolute atomic E-state index is 11.7. The van der Waals surface area contributed by atoms with Gasteiger partial charge < -0.3 is 86.0 Å². The topological polar surface area (TPSA) is 444 Å². The van der Waals surface area contributed by atoms with Crippen LogP contribution in [0.4, 0.5) is 0 Å². The van der Waals surface area contributed by atoms with Crippen LogP contribution in [0.3, 0.4) is 0 Å². The SMILES string of the molecule is C=CC(=O)OCC(CC)(COC(=O)C=C)COC(=O)C=C.C=CC(=O)OCC(CO)(COC(=O)C=C)COC(=O)C=C.C=CC(=O)OCC(CO)(COCC(COC(=O)C=C)(COC(=O)C=C)COC(=O)C=C)COC(=O)C=C.C=CC(=O)OCC(COC(=O)C=C)(COC(=O)C=C)COC(=O)C=C.C=Cc1ccc(C=C)cc1. The second-order valence-electron chi connectivity index (χ2n) is 22.9. The van der Waals surface area contributed by atoms with Crippen LogP contribution in [0.5, 0.6) is 0 Å². The second kappa shape index (κ2) is 62.5. The van der Waals surface area contributed by atoms with E-state index in [-0.39, 0.29) is 79.3 Å². The summed E-state index contributed by atoms with van der Waals surface area (Å²) in [5.74, 6) is -11.1. The molecule has 0 saturated carbocycles. The molecular formula is C81H100O33. The van der Waals surface area contributed by atoms with E-state index < -0.39 is 163 Å². The molecule has 0 saturated heterocycles. The summed E-state index contributed by atoms with van der Waals surface area (Å²) < 4.78 is 80.3. The first-order valence-electron chi connectivity index (χ1n) is 33.1. The third kappa shape index (κ3) is 49.7. The van der Waals surface area contributed by atoms with E-state index in [0.717, 1.165) is 102 Å². The van der Waals surface area contributed by atoms with Crippen molar-refractivity contribution in [2.45, 2.75) is 13.3 Å². The molecule has 0 bridgehead atoms. The lowest BCUT2D eigenvalue weighted by Crippen LogP contribution is -2.46. The van der Waals surface area contributed by atoms with Gasteiger partial charge in [-0.05, 0) is 17.5 Å². The Bertz CT molecular complexity index is 3140. The zero-order valence-electron chi connectivity index (χ0n) is 63.8. The molecule has 33 heteroatoms. The molecule has 0 heterocycles. The van der Waals surface area contributed by atoms with E-state index in [1.54, 1.807) is 6.92 Å². The summed E-state index contributed by atoms with van der Waals surface area (Å²) in [5.41, 5.74) is -4.04. The normalized spacial score (nSPS) is 10.2. The molecular weight excluding hydrogens is 1500 g/mol. The molecule has 0 aliphatic heterocycles. The van der Waals surface area contributed by atoms with Gasteiger partial charge in [0.25, 0.3) is 0 Å². The highest BCUT2D eigenvalue weighted by molar-refractivity contribution is 5.86. The molecule has 622 valence electrons. The number of carbonyl (C=O) groups excluding carboxylic acids is 15. The largest absolute Gasteiger partial charge is 0.462 e. The fraction of sp³-hybridized carbons (Fsp3) is 0.321. The van der Waals surface area contributed by atoms with Crippen molar-refractivity contribution < 1.29 is 158 Å². The Kier molecular flexibility index (Phi) is 58.7. The van der Waals surface area contributed by atoms with Crippen LogP contribution in [-0.2, 0) is 148 Å². The molecule has 2 N–H and O–H groups in total. The molecule has 0 spiro atoms. The lowest BCUT2D eigenvalue weighted by atomic mass is 9.88. The Balaban J connectivity index is -0.000000695. The second-order valence-corrected chi connectivity index (χ2v) is 22.9. The van der Waals surface area contributed by atoms with Gasteiger partial charge in [-0.3, -0.25) is 0 Å². The van der Waals surface area contributed by atoms with Gasteiger partial charge in [-0.15, -0.1) is 0 Å². The number of hydrogen-bond donors (Lipinski definition) is 2. The number of esters is 15. The number of rotatable bonds is 54. The smallest absolute Gasteiger partial charge is 0.330 e. The van der Waals surface area contributed by atoms with Crippen LogP contribution in [0.25, 0.3) is 12.2 Å². The Labute approximate surface area is 661 Å². The maximum atomic E-state index is 11.7. The molecule has 0 aromatic heterocycles. The van der Waals surface area contributed by atoms with Crippen LogP contribution >= 0.6 is 0 Å². The van der Waals surface area contributed by atoms with Gasteiger partial charge in [-0.1, -0.05) is 155 Å². The van der Waals surface area contributed by atoms with Crippen LogP contribution in [0, 0.1) is 27.1 Å². The van der Waals surface area contributed by atoms with Gasteiger partial charge in [0.05, 0.1) is 48.1 Å². The number of aliphatic hydroxyl groups excluding tert-OH is 2. The van der Waals surface area contributed by atoms with Gasteiger partial charge in [0.15, 0.2) is 0 Å². The molecule has 0 aliphatic carbocycles. The van der Waals surface area contributed by atoms with Crippen molar-refractivity contribution in [3.8, 4) is 0 Å². The Hall–Kier alpha value is -13.3. The number of benzene rings is 1. The summed E-state index contributed by atoms with van der Waals surface area (Å²) >= 11 is 0. The predicted molar refractivity (Wildman–Crippen MR) is 411 cm³/mol. The van der Waals surface area contributed by atoms with Gasteiger partial charge in [0.2, 0.25) is 0 Å². The van der Waals surface area contributed by atoms with Crippen molar-refractivity contribution >= 4 is 102 Å². The van der Waals surface area contributed by atoms with E-state index in [4.69, 9.17) is 75.8 Å². The molecule has 0 atom stereocenters. The zero-order valence-corrected chi connectivity index (χ0v) is 63.8. The molecule has 33 nitrogen and oxygen atoms in total. The lowest BCUT2D eigenvalue weighted by molar-refractivity contribution is -0.169. The van der Waals surface area contributed by atoms with E-state index >= 15 is 0 Å². The highest BCUT2D eigenvalue weighted by atomic mass is 16.6. The molecule has 0 amide bonds. The van der Waals surface area contributed by atoms with Crippen molar-refractivity contribution in [3.05, 3.63) is 238 Å². The minimum Gasteiger partial charge on any atom is -0.462 e. The van der Waals surface area contributed by atoms with Gasteiger partial charge >= 0.3 is 89.5 Å². The first-order valence-corrected chi connectivity index (χ1v) is 33.1. The summed E-state index contributed by atoms with van der Waals surface area (Å²) in [5, 5.41) is 19.5. The lowest BCUT2D eigenvalue weighted by Gasteiger charge is -2.34. The summed E-state index contributed by atoms with van der Waals surface area (Å²) in [7, 11) is 0. The van der Waals surface area contributed by atoms with E-state index in [2.05, 4.69) is 112 Å².